The maximum atomic E-state index is 14.5. The number of rotatable bonds is 10. The van der Waals surface area contributed by atoms with Gasteiger partial charge in [-0.05, 0) is 104 Å². The topological polar surface area (TPSA) is 176 Å². The lowest BCUT2D eigenvalue weighted by molar-refractivity contribution is -0.780. The zero-order valence-electron chi connectivity index (χ0n) is 45.0. The van der Waals surface area contributed by atoms with E-state index in [1.165, 1.54) is 5.56 Å². The summed E-state index contributed by atoms with van der Waals surface area (Å²) in [5.74, 6) is -0.152. The molecule has 0 radical (unpaired) electrons. The van der Waals surface area contributed by atoms with E-state index in [0.29, 0.717) is 30.1 Å². The van der Waals surface area contributed by atoms with E-state index < -0.39 is 6.09 Å². The first-order chi connectivity index (χ1) is 39.2. The largest absolute Gasteiger partial charge is 0.523 e. The fourth-order valence-corrected chi connectivity index (χ4v) is 14.5. The number of H-pyrrole nitrogens is 1. The van der Waals surface area contributed by atoms with E-state index >= 15 is 0 Å². The van der Waals surface area contributed by atoms with E-state index in [-0.39, 0.29) is 82.1 Å². The van der Waals surface area contributed by atoms with Crippen molar-refractivity contribution in [2.45, 2.75) is 107 Å². The van der Waals surface area contributed by atoms with Crippen molar-refractivity contribution in [2.75, 3.05) is 23.7 Å². The minimum atomic E-state index is -0.929. The van der Waals surface area contributed by atoms with Crippen LogP contribution in [0.25, 0.3) is 0 Å². The summed E-state index contributed by atoms with van der Waals surface area (Å²) in [6.07, 6.45) is 15.5. The zero-order chi connectivity index (χ0) is 54.7. The van der Waals surface area contributed by atoms with Crippen LogP contribution in [0.1, 0.15) is 125 Å². The highest BCUT2D eigenvalue weighted by molar-refractivity contribution is 5.95. The number of fused-ring (bicyclic) bond motifs is 6. The van der Waals surface area contributed by atoms with Crippen LogP contribution in [0.2, 0.25) is 0 Å². The molecule has 13 rings (SSSR count). The molecule has 2 saturated carbocycles. The van der Waals surface area contributed by atoms with Crippen LogP contribution in [0.5, 0.6) is 0 Å². The SMILES string of the molecule is O=C(N[C@@H]1CCCC[C@@H]1C(=O)N1CC[C@@H]2[C@H](C3=CC=C[N+]3(Cc3ccccc3)C(=O)O)Nc3ccccc3[C@@H]21)c1ccccc1.O=C(N[C@@H]1CCCC[C@@H]1C(=O)N1CC[C@H]2[C@@H](c3ccc[nH]3)Nc3ccccc3[C@H]21)c1ccccc1. The van der Waals surface area contributed by atoms with Crippen molar-refractivity contribution in [1.29, 1.82) is 0 Å². The third kappa shape index (κ3) is 10.1. The third-order valence-electron chi connectivity index (χ3n) is 18.3. The van der Waals surface area contributed by atoms with Gasteiger partial charge in [0.2, 0.25) is 11.8 Å². The monoisotopic (exact) mass is 1070 g/mol. The maximum absolute atomic E-state index is 14.5. The smallest absolute Gasteiger partial charge is 0.435 e. The van der Waals surface area contributed by atoms with E-state index in [1.54, 1.807) is 18.3 Å². The van der Waals surface area contributed by atoms with Gasteiger partial charge in [-0.15, -0.1) is 0 Å². The Morgan fingerprint density at radius 1 is 0.537 bits per heavy atom. The molecule has 14 nitrogen and oxygen atoms in total. The second-order valence-corrected chi connectivity index (χ2v) is 22.8. The molecule has 0 spiro atoms. The van der Waals surface area contributed by atoms with Crippen LogP contribution in [0.3, 0.4) is 0 Å². The Hall–Kier alpha value is -8.23. The van der Waals surface area contributed by atoms with Gasteiger partial charge in [0, 0.05) is 83.0 Å². The lowest BCUT2D eigenvalue weighted by Gasteiger charge is -2.43. The molecule has 410 valence electrons. The normalized spacial score (nSPS) is 28.0. The Morgan fingerprint density at radius 3 is 1.52 bits per heavy atom. The molecule has 80 heavy (non-hydrogen) atoms. The van der Waals surface area contributed by atoms with Gasteiger partial charge in [0.25, 0.3) is 11.8 Å². The molecule has 11 atom stereocenters. The van der Waals surface area contributed by atoms with Gasteiger partial charge in [0.05, 0.1) is 30.0 Å². The number of carbonyl (C=O) groups is 5. The predicted octanol–water partition coefficient (Wildman–Crippen LogP) is 11.5. The molecule has 2 saturated heterocycles. The molecule has 7 aliphatic rings. The number of carbonyl (C=O) groups excluding carboxylic acids is 4. The molecule has 1 unspecified atom stereocenters. The molecule has 0 bridgehead atoms. The number of amides is 5. The number of likely N-dealkylation sites (tertiary alicyclic amines) is 2. The fraction of sp³-hybridized carbons (Fsp3) is 0.348. The van der Waals surface area contributed by atoms with Crippen LogP contribution in [-0.2, 0) is 16.1 Å². The Balaban J connectivity index is 0.000000164. The molecule has 6 heterocycles. The minimum absolute atomic E-state index is 0.0106. The van der Waals surface area contributed by atoms with Gasteiger partial charge < -0.3 is 41.2 Å². The highest BCUT2D eigenvalue weighted by Crippen LogP contribution is 2.53. The Kier molecular flexibility index (Phi) is 15.0. The summed E-state index contributed by atoms with van der Waals surface area (Å²) in [5, 5.41) is 24.6. The number of nitrogens with zero attached hydrogens (tertiary/aromatic N) is 3. The molecule has 2 aliphatic carbocycles. The van der Waals surface area contributed by atoms with Crippen molar-refractivity contribution in [3.8, 4) is 0 Å². The van der Waals surface area contributed by atoms with Gasteiger partial charge in [-0.3, -0.25) is 19.2 Å². The first-order valence-electron chi connectivity index (χ1n) is 28.9. The van der Waals surface area contributed by atoms with Crippen LogP contribution in [0, 0.1) is 23.7 Å². The number of aromatic amines is 1. The number of para-hydroxylation sites is 2. The van der Waals surface area contributed by atoms with Gasteiger partial charge in [0.1, 0.15) is 24.5 Å². The highest BCUT2D eigenvalue weighted by atomic mass is 16.4. The average molecular weight is 1070 g/mol. The van der Waals surface area contributed by atoms with E-state index in [4.69, 9.17) is 0 Å². The summed E-state index contributed by atoms with van der Waals surface area (Å²) in [6.45, 7) is 1.63. The second kappa shape index (κ2) is 22.9. The number of quaternary nitrogens is 1. The molecule has 6 aromatic rings. The molecular formula is C66H71N8O6+. The number of hydrogen-bond acceptors (Lipinski definition) is 7. The Labute approximate surface area is 467 Å². The summed E-state index contributed by atoms with van der Waals surface area (Å²) < 4.78 is -0.308. The van der Waals surface area contributed by atoms with Gasteiger partial charge in [-0.2, -0.15) is 9.28 Å². The van der Waals surface area contributed by atoms with Crippen LogP contribution >= 0.6 is 0 Å². The van der Waals surface area contributed by atoms with Crippen LogP contribution in [0.15, 0.2) is 182 Å². The summed E-state index contributed by atoms with van der Waals surface area (Å²) in [7, 11) is 0. The summed E-state index contributed by atoms with van der Waals surface area (Å²) in [6, 6.07) is 48.2. The molecular weight excluding hydrogens is 1000 g/mol. The molecule has 4 fully saturated rings. The number of carboxylic acid groups (broad SMARTS) is 1. The Morgan fingerprint density at radius 2 is 1.01 bits per heavy atom. The first kappa shape index (κ1) is 52.5. The summed E-state index contributed by atoms with van der Waals surface area (Å²) in [4.78, 5) is 75.3. The standard InChI is InChI=1S/C37H38N4O4.C29H32N4O2/c42-35(26-14-5-2-6-15-26)39-31-19-10-8-17-28(31)36(43)40-22-21-29-33(38-30-18-9-7-16-27(30)34(29)40)32-20-11-23-41(32,37(44)45)24-25-12-3-1-4-13-25;34-28(19-9-2-1-3-10-19)32-24-14-7-5-12-21(24)29(35)33-18-16-22-26(25-15-8-17-30-25)31-23-13-6-4-11-20(23)27(22)33/h1-7,9,11-16,18,20,23,28-29,31,33-34,38H,8,10,17,19,21-22,24H2,(H-,39,42,44,45);1-4,6,8-11,13,15,17,21-22,24,26-27,30-31H,5,7,12,14,16,18H2,(H,32,34)/p+1/t28-,29+,31+,33+,34-,41?;21-,22-,24+,26-,27+/m00/s1. The highest BCUT2D eigenvalue weighted by Gasteiger charge is 2.55. The second-order valence-electron chi connectivity index (χ2n) is 22.8. The maximum Gasteiger partial charge on any atom is 0.523 e. The zero-order valence-corrected chi connectivity index (χ0v) is 45.0. The lowest BCUT2D eigenvalue weighted by Crippen LogP contribution is -2.53. The van der Waals surface area contributed by atoms with Gasteiger partial charge >= 0.3 is 6.09 Å². The quantitative estimate of drug-likeness (QED) is 0.0735. The summed E-state index contributed by atoms with van der Waals surface area (Å²) in [5.41, 5.74) is 8.41. The van der Waals surface area contributed by atoms with Gasteiger partial charge in [-0.25, -0.2) is 0 Å². The van der Waals surface area contributed by atoms with Crippen molar-refractivity contribution in [3.63, 3.8) is 0 Å². The van der Waals surface area contributed by atoms with Gasteiger partial charge in [-0.1, -0.05) is 129 Å². The number of aromatic nitrogens is 1. The van der Waals surface area contributed by atoms with Crippen LogP contribution < -0.4 is 21.3 Å². The van der Waals surface area contributed by atoms with E-state index in [0.717, 1.165) is 105 Å². The number of benzene rings is 5. The van der Waals surface area contributed by atoms with E-state index in [2.05, 4.69) is 67.5 Å². The molecule has 5 aromatic carbocycles. The average Bonchev–Trinajstić information content (AvgIpc) is 4.54. The van der Waals surface area contributed by atoms with Crippen molar-refractivity contribution in [3.05, 3.63) is 215 Å². The minimum Gasteiger partial charge on any atom is -0.435 e. The first-order valence-corrected chi connectivity index (χ1v) is 28.9. The van der Waals surface area contributed by atoms with E-state index in [9.17, 15) is 29.1 Å². The fourth-order valence-electron chi connectivity index (χ4n) is 14.5. The van der Waals surface area contributed by atoms with Crippen molar-refractivity contribution in [2.24, 2.45) is 23.7 Å². The van der Waals surface area contributed by atoms with Crippen molar-refractivity contribution < 1.29 is 33.6 Å². The molecule has 5 aliphatic heterocycles. The number of anilines is 2. The predicted molar refractivity (Wildman–Crippen MR) is 308 cm³/mol. The van der Waals surface area contributed by atoms with Crippen LogP contribution in [0.4, 0.5) is 16.2 Å². The molecule has 1 aromatic heterocycles. The summed E-state index contributed by atoms with van der Waals surface area (Å²) >= 11 is 0. The van der Waals surface area contributed by atoms with E-state index in [1.807, 2.05) is 126 Å². The number of hydrogen-bond donors (Lipinski definition) is 6. The Bertz CT molecular complexity index is 3280. The lowest BCUT2D eigenvalue weighted by atomic mass is 9.79. The number of allylic oxidation sites excluding steroid dienone is 2. The van der Waals surface area contributed by atoms with Crippen molar-refractivity contribution in [1.82, 2.24) is 25.4 Å². The van der Waals surface area contributed by atoms with Gasteiger partial charge in [0.15, 0.2) is 0 Å². The molecule has 5 amide bonds. The van der Waals surface area contributed by atoms with Crippen LogP contribution in [-0.4, -0.2) is 85.3 Å². The molecule has 14 heteroatoms. The third-order valence-corrected chi connectivity index (χ3v) is 18.3. The van der Waals surface area contributed by atoms with Crippen molar-refractivity contribution >= 4 is 41.1 Å². The molecule has 6 N–H and O–H groups in total. The number of nitrogens with one attached hydrogen (secondary N) is 5.